The molecule has 1 unspecified atom stereocenters. The van der Waals surface area contributed by atoms with E-state index in [9.17, 15) is 14.7 Å². The van der Waals surface area contributed by atoms with Gasteiger partial charge in [-0.2, -0.15) is 0 Å². The normalized spacial score (nSPS) is 12.2. The van der Waals surface area contributed by atoms with Crippen LogP contribution >= 0.6 is 0 Å². The van der Waals surface area contributed by atoms with Gasteiger partial charge in [-0.3, -0.25) is 4.79 Å². The second-order valence-corrected chi connectivity index (χ2v) is 2.58. The average Bonchev–Trinajstić information content (AvgIpc) is 2.00. The van der Waals surface area contributed by atoms with Gasteiger partial charge in [0.1, 0.15) is 0 Å². The van der Waals surface area contributed by atoms with E-state index in [2.05, 4.69) is 0 Å². The fraction of sp³-hybridized carbons (Fsp3) is 0.750. The van der Waals surface area contributed by atoms with Crippen LogP contribution in [0.4, 0.5) is 0 Å². The van der Waals surface area contributed by atoms with Gasteiger partial charge in [0.15, 0.2) is 0 Å². The molecule has 12 heavy (non-hydrogen) atoms. The van der Waals surface area contributed by atoms with Crippen LogP contribution in [-0.4, -0.2) is 18.0 Å². The Bertz CT molecular complexity index is 164. The second kappa shape index (κ2) is 5.57. The molecule has 0 radical (unpaired) electrons. The Kier molecular flexibility index (Phi) is 5.08. The summed E-state index contributed by atoms with van der Waals surface area (Å²) in [5.41, 5.74) is 0. The quantitative estimate of drug-likeness (QED) is 0.542. The second-order valence-electron chi connectivity index (χ2n) is 2.58. The predicted molar refractivity (Wildman–Crippen MR) is 40.1 cm³/mol. The number of ether oxygens (including phenoxy) is 1. The maximum atomic E-state index is 10.8. The number of carboxylic acid groups (broad SMARTS) is 1. The molecule has 0 saturated carbocycles. The zero-order valence-corrected chi connectivity index (χ0v) is 7.33. The monoisotopic (exact) mass is 173 g/mol. The fourth-order valence-electron chi connectivity index (χ4n) is 0.571. The summed E-state index contributed by atoms with van der Waals surface area (Å²) in [4.78, 5) is 20.7. The Morgan fingerprint density at radius 1 is 1.42 bits per heavy atom. The highest BCUT2D eigenvalue weighted by Crippen LogP contribution is 1.99. The van der Waals surface area contributed by atoms with Gasteiger partial charge in [0.2, 0.25) is 0 Å². The van der Waals surface area contributed by atoms with E-state index in [1.165, 1.54) is 0 Å². The first-order valence-corrected chi connectivity index (χ1v) is 3.95. The van der Waals surface area contributed by atoms with Crippen molar-refractivity contribution in [3.8, 4) is 0 Å². The van der Waals surface area contributed by atoms with Crippen molar-refractivity contribution in [1.82, 2.24) is 0 Å². The lowest BCUT2D eigenvalue weighted by Crippen LogP contribution is -2.24. The molecule has 0 amide bonds. The van der Waals surface area contributed by atoms with Crippen LogP contribution in [0.2, 0.25) is 0 Å². The third-order valence-corrected chi connectivity index (χ3v) is 1.44. The molecular formula is C8H13O4-. The van der Waals surface area contributed by atoms with E-state index >= 15 is 0 Å². The number of hydrogen-bond acceptors (Lipinski definition) is 4. The van der Waals surface area contributed by atoms with E-state index in [1.807, 2.05) is 6.92 Å². The number of esters is 1. The van der Waals surface area contributed by atoms with Gasteiger partial charge in [-0.15, -0.1) is 0 Å². The molecule has 0 rings (SSSR count). The van der Waals surface area contributed by atoms with Gasteiger partial charge in [-0.05, 0) is 19.8 Å². The lowest BCUT2D eigenvalue weighted by atomic mass is 10.3. The van der Waals surface area contributed by atoms with E-state index in [-0.39, 0.29) is 18.9 Å². The molecular weight excluding hydrogens is 160 g/mol. The molecule has 0 bridgehead atoms. The first-order valence-electron chi connectivity index (χ1n) is 3.95. The van der Waals surface area contributed by atoms with Crippen LogP contribution in [0.3, 0.4) is 0 Å². The summed E-state index contributed by atoms with van der Waals surface area (Å²) >= 11 is 0. The van der Waals surface area contributed by atoms with Gasteiger partial charge in [-0.1, -0.05) is 6.92 Å². The lowest BCUT2D eigenvalue weighted by molar-refractivity contribution is -0.305. The Balaban J connectivity index is 3.53. The number of carbonyl (C=O) groups is 2. The van der Waals surface area contributed by atoms with Crippen molar-refractivity contribution in [2.24, 2.45) is 0 Å². The lowest BCUT2D eigenvalue weighted by Gasteiger charge is -2.10. The molecule has 0 aliphatic carbocycles. The highest BCUT2D eigenvalue weighted by molar-refractivity contribution is 5.75. The van der Waals surface area contributed by atoms with Gasteiger partial charge < -0.3 is 14.6 Å². The summed E-state index contributed by atoms with van der Waals surface area (Å²) < 4.78 is 4.82. The van der Waals surface area contributed by atoms with Crippen molar-refractivity contribution in [2.75, 3.05) is 0 Å². The number of hydrogen-bond donors (Lipinski definition) is 0. The zero-order chi connectivity index (χ0) is 9.56. The van der Waals surface area contributed by atoms with Crippen molar-refractivity contribution in [1.29, 1.82) is 0 Å². The minimum absolute atomic E-state index is 0.104. The zero-order valence-electron chi connectivity index (χ0n) is 7.33. The van der Waals surface area contributed by atoms with E-state index in [0.29, 0.717) is 0 Å². The van der Waals surface area contributed by atoms with Gasteiger partial charge in [-0.25, -0.2) is 0 Å². The summed E-state index contributed by atoms with van der Waals surface area (Å²) in [5, 5.41) is 9.94. The maximum absolute atomic E-state index is 10.8. The molecule has 0 spiro atoms. The molecule has 1 atom stereocenters. The summed E-state index contributed by atoms with van der Waals surface area (Å²) in [5.74, 6) is -1.70. The van der Waals surface area contributed by atoms with Crippen LogP contribution in [0.25, 0.3) is 0 Å². The highest BCUT2D eigenvalue weighted by Gasteiger charge is 2.06. The molecule has 0 heterocycles. The van der Waals surface area contributed by atoms with E-state index in [4.69, 9.17) is 4.74 Å². The minimum atomic E-state index is -1.23. The summed E-state index contributed by atoms with van der Waals surface area (Å²) in [7, 11) is 0. The van der Waals surface area contributed by atoms with Gasteiger partial charge in [0.05, 0.1) is 12.5 Å². The molecule has 0 N–H and O–H groups in total. The molecule has 0 aromatic rings. The SMILES string of the molecule is CCC(C)OC(=O)CCC(=O)[O-]. The molecule has 4 heteroatoms. The molecule has 0 aromatic heterocycles. The highest BCUT2D eigenvalue weighted by atomic mass is 16.5. The van der Waals surface area contributed by atoms with Gasteiger partial charge >= 0.3 is 5.97 Å². The first kappa shape index (κ1) is 10.9. The third-order valence-electron chi connectivity index (χ3n) is 1.44. The van der Waals surface area contributed by atoms with Crippen LogP contribution in [0.5, 0.6) is 0 Å². The number of aliphatic carboxylic acids is 1. The molecule has 4 nitrogen and oxygen atoms in total. The van der Waals surface area contributed by atoms with Crippen molar-refractivity contribution >= 4 is 11.9 Å². The van der Waals surface area contributed by atoms with Crippen LogP contribution in [0, 0.1) is 0 Å². The number of rotatable bonds is 5. The molecule has 0 aliphatic rings. The van der Waals surface area contributed by atoms with E-state index in [0.717, 1.165) is 6.42 Å². The summed E-state index contributed by atoms with van der Waals surface area (Å²) in [6.45, 7) is 3.65. The maximum Gasteiger partial charge on any atom is 0.306 e. The predicted octanol–water partition coefficient (Wildman–Crippen LogP) is -0.142. The standard InChI is InChI=1S/C8H14O4/c1-3-6(2)12-8(11)5-4-7(9)10/h6H,3-5H2,1-2H3,(H,9,10)/p-1. The van der Waals surface area contributed by atoms with Gasteiger partial charge in [0.25, 0.3) is 0 Å². The average molecular weight is 173 g/mol. The van der Waals surface area contributed by atoms with Crippen LogP contribution < -0.4 is 5.11 Å². The molecule has 0 saturated heterocycles. The Hall–Kier alpha value is -1.06. The fourth-order valence-corrected chi connectivity index (χ4v) is 0.571. The Labute approximate surface area is 71.5 Å². The summed E-state index contributed by atoms with van der Waals surface area (Å²) in [6, 6.07) is 0. The summed E-state index contributed by atoms with van der Waals surface area (Å²) in [6.07, 6.45) is 0.221. The van der Waals surface area contributed by atoms with Crippen LogP contribution in [0.15, 0.2) is 0 Å². The van der Waals surface area contributed by atoms with Crippen LogP contribution in [-0.2, 0) is 14.3 Å². The van der Waals surface area contributed by atoms with Crippen molar-refractivity contribution in [2.45, 2.75) is 39.2 Å². The van der Waals surface area contributed by atoms with Crippen molar-refractivity contribution in [3.05, 3.63) is 0 Å². The van der Waals surface area contributed by atoms with Crippen molar-refractivity contribution in [3.63, 3.8) is 0 Å². The first-order chi connectivity index (χ1) is 5.56. The third kappa shape index (κ3) is 5.70. The van der Waals surface area contributed by atoms with Crippen molar-refractivity contribution < 1.29 is 19.4 Å². The molecule has 0 fully saturated rings. The largest absolute Gasteiger partial charge is 0.550 e. The molecule has 70 valence electrons. The smallest absolute Gasteiger partial charge is 0.306 e. The van der Waals surface area contributed by atoms with Gasteiger partial charge in [0, 0.05) is 5.97 Å². The number of carboxylic acids is 1. The Morgan fingerprint density at radius 2 is 2.00 bits per heavy atom. The molecule has 0 aromatic carbocycles. The Morgan fingerprint density at radius 3 is 2.42 bits per heavy atom. The van der Waals surface area contributed by atoms with E-state index < -0.39 is 11.9 Å². The topological polar surface area (TPSA) is 66.4 Å². The number of carbonyl (C=O) groups excluding carboxylic acids is 2. The molecule has 0 aliphatic heterocycles. The minimum Gasteiger partial charge on any atom is -0.550 e. The van der Waals surface area contributed by atoms with Crippen LogP contribution in [0.1, 0.15) is 33.1 Å². The van der Waals surface area contributed by atoms with E-state index in [1.54, 1.807) is 6.92 Å².